The summed E-state index contributed by atoms with van der Waals surface area (Å²) < 4.78 is 18.2. The molecule has 1 unspecified atom stereocenters. The molecule has 2 N–H and O–H groups in total. The topological polar surface area (TPSA) is 71.3 Å². The van der Waals surface area contributed by atoms with Crippen LogP contribution in [0.4, 0.5) is 10.1 Å². The van der Waals surface area contributed by atoms with E-state index in [0.717, 1.165) is 5.56 Å². The number of carbonyl (C=O) groups excluding carboxylic acids is 2. The summed E-state index contributed by atoms with van der Waals surface area (Å²) >= 11 is 0. The standard InChI is InChI=1S/C21H19FN2O3/c1-13-3-12-19(27-13)21(26)23-14(2)15-6-10-18(11-7-15)24-20(25)16-4-8-17(22)9-5-16/h3-12,14H,1-2H3,(H,23,26)(H,24,25). The minimum Gasteiger partial charge on any atom is -0.456 e. The van der Waals surface area contributed by atoms with E-state index in [1.165, 1.54) is 24.3 Å². The highest BCUT2D eigenvalue weighted by Gasteiger charge is 2.14. The lowest BCUT2D eigenvalue weighted by atomic mass is 10.1. The maximum absolute atomic E-state index is 12.9. The van der Waals surface area contributed by atoms with Crippen LogP contribution in [0.5, 0.6) is 0 Å². The number of furan rings is 1. The average molecular weight is 366 g/mol. The number of halogens is 1. The third-order valence-corrected chi connectivity index (χ3v) is 4.09. The summed E-state index contributed by atoms with van der Waals surface area (Å²) in [6.07, 6.45) is 0. The highest BCUT2D eigenvalue weighted by molar-refractivity contribution is 6.04. The van der Waals surface area contributed by atoms with E-state index in [9.17, 15) is 14.0 Å². The second kappa shape index (κ2) is 7.86. The molecule has 3 rings (SSSR count). The van der Waals surface area contributed by atoms with Gasteiger partial charge in [0.25, 0.3) is 11.8 Å². The number of anilines is 1. The molecule has 138 valence electrons. The molecular weight excluding hydrogens is 347 g/mol. The molecule has 1 heterocycles. The van der Waals surface area contributed by atoms with Crippen molar-refractivity contribution in [2.45, 2.75) is 19.9 Å². The van der Waals surface area contributed by atoms with E-state index in [-0.39, 0.29) is 23.6 Å². The Balaban J connectivity index is 1.61. The molecule has 1 aromatic heterocycles. The summed E-state index contributed by atoms with van der Waals surface area (Å²) in [7, 11) is 0. The van der Waals surface area contributed by atoms with E-state index >= 15 is 0 Å². The molecule has 0 spiro atoms. The monoisotopic (exact) mass is 366 g/mol. The third kappa shape index (κ3) is 4.61. The van der Waals surface area contributed by atoms with E-state index in [1.54, 1.807) is 31.2 Å². The Bertz CT molecular complexity index is 946. The van der Waals surface area contributed by atoms with Gasteiger partial charge in [-0.15, -0.1) is 0 Å². The van der Waals surface area contributed by atoms with Crippen LogP contribution in [0, 0.1) is 12.7 Å². The SMILES string of the molecule is Cc1ccc(C(=O)NC(C)c2ccc(NC(=O)c3ccc(F)cc3)cc2)o1. The number of nitrogens with one attached hydrogen (secondary N) is 2. The summed E-state index contributed by atoms with van der Waals surface area (Å²) in [4.78, 5) is 24.3. The molecule has 0 saturated carbocycles. The quantitative estimate of drug-likeness (QED) is 0.700. The molecule has 0 saturated heterocycles. The molecule has 0 aliphatic carbocycles. The zero-order valence-electron chi connectivity index (χ0n) is 15.0. The van der Waals surface area contributed by atoms with Gasteiger partial charge >= 0.3 is 0 Å². The van der Waals surface area contributed by atoms with E-state index in [0.29, 0.717) is 17.0 Å². The summed E-state index contributed by atoms with van der Waals surface area (Å²) in [6, 6.07) is 15.6. The predicted molar refractivity (Wildman–Crippen MR) is 100 cm³/mol. The molecule has 1 atom stereocenters. The molecule has 0 bridgehead atoms. The first-order valence-electron chi connectivity index (χ1n) is 8.46. The second-order valence-corrected chi connectivity index (χ2v) is 6.19. The lowest BCUT2D eigenvalue weighted by Gasteiger charge is -2.14. The Kier molecular flexibility index (Phi) is 5.35. The second-order valence-electron chi connectivity index (χ2n) is 6.19. The molecule has 0 radical (unpaired) electrons. The molecule has 3 aromatic rings. The normalized spacial score (nSPS) is 11.7. The molecule has 2 amide bonds. The van der Waals surface area contributed by atoms with Crippen molar-refractivity contribution in [3.8, 4) is 0 Å². The third-order valence-electron chi connectivity index (χ3n) is 4.09. The smallest absolute Gasteiger partial charge is 0.287 e. The van der Waals surface area contributed by atoms with E-state index < -0.39 is 5.82 Å². The van der Waals surface area contributed by atoms with Gasteiger partial charge in [0.2, 0.25) is 0 Å². The maximum Gasteiger partial charge on any atom is 0.287 e. The van der Waals surface area contributed by atoms with Gasteiger partial charge in [-0.2, -0.15) is 0 Å². The Labute approximate surface area is 156 Å². The van der Waals surface area contributed by atoms with Crippen molar-refractivity contribution < 1.29 is 18.4 Å². The van der Waals surface area contributed by atoms with Crippen molar-refractivity contribution in [3.63, 3.8) is 0 Å². The van der Waals surface area contributed by atoms with Gasteiger partial charge in [0.05, 0.1) is 6.04 Å². The fourth-order valence-corrected chi connectivity index (χ4v) is 2.57. The van der Waals surface area contributed by atoms with Crippen molar-refractivity contribution in [3.05, 3.63) is 89.1 Å². The van der Waals surface area contributed by atoms with Crippen LogP contribution in [0.25, 0.3) is 0 Å². The number of carbonyl (C=O) groups is 2. The van der Waals surface area contributed by atoms with Crippen LogP contribution in [-0.2, 0) is 0 Å². The van der Waals surface area contributed by atoms with E-state index in [2.05, 4.69) is 10.6 Å². The van der Waals surface area contributed by atoms with Crippen molar-refractivity contribution in [2.24, 2.45) is 0 Å². The largest absolute Gasteiger partial charge is 0.456 e. The minimum atomic E-state index is -0.392. The van der Waals surface area contributed by atoms with Crippen molar-refractivity contribution in [1.29, 1.82) is 0 Å². The summed E-state index contributed by atoms with van der Waals surface area (Å²) in [6.45, 7) is 3.64. The van der Waals surface area contributed by atoms with Crippen LogP contribution in [0.15, 0.2) is 65.1 Å². The van der Waals surface area contributed by atoms with Gasteiger partial charge in [-0.1, -0.05) is 12.1 Å². The first kappa shape index (κ1) is 18.4. The first-order chi connectivity index (χ1) is 12.9. The van der Waals surface area contributed by atoms with Crippen molar-refractivity contribution in [1.82, 2.24) is 5.32 Å². The van der Waals surface area contributed by atoms with Gasteiger partial charge in [-0.05, 0) is 67.9 Å². The van der Waals surface area contributed by atoms with Crippen LogP contribution < -0.4 is 10.6 Å². The number of rotatable bonds is 5. The molecule has 2 aromatic carbocycles. The minimum absolute atomic E-state index is 0.232. The van der Waals surface area contributed by atoms with Gasteiger partial charge < -0.3 is 15.1 Å². The van der Waals surface area contributed by atoms with E-state index in [1.807, 2.05) is 19.1 Å². The summed E-state index contributed by atoms with van der Waals surface area (Å²) in [5.41, 5.74) is 1.86. The highest BCUT2D eigenvalue weighted by Crippen LogP contribution is 2.18. The zero-order valence-corrected chi connectivity index (χ0v) is 15.0. The number of hydrogen-bond donors (Lipinski definition) is 2. The van der Waals surface area contributed by atoms with Crippen LogP contribution in [0.3, 0.4) is 0 Å². The molecule has 6 heteroatoms. The van der Waals surface area contributed by atoms with Gasteiger partial charge in [0.15, 0.2) is 5.76 Å². The molecule has 27 heavy (non-hydrogen) atoms. The van der Waals surface area contributed by atoms with Crippen LogP contribution in [0.2, 0.25) is 0 Å². The molecule has 0 fully saturated rings. The van der Waals surface area contributed by atoms with Gasteiger partial charge in [0, 0.05) is 11.3 Å². The van der Waals surface area contributed by atoms with Crippen LogP contribution >= 0.6 is 0 Å². The lowest BCUT2D eigenvalue weighted by molar-refractivity contribution is 0.0910. The Morgan fingerprint density at radius 3 is 2.19 bits per heavy atom. The lowest BCUT2D eigenvalue weighted by Crippen LogP contribution is -2.26. The molecule has 0 aliphatic rings. The number of aryl methyl sites for hydroxylation is 1. The fraction of sp³-hybridized carbons (Fsp3) is 0.143. The molecule has 5 nitrogen and oxygen atoms in total. The summed E-state index contributed by atoms with van der Waals surface area (Å²) in [5, 5.41) is 5.61. The fourth-order valence-electron chi connectivity index (χ4n) is 2.57. The summed E-state index contributed by atoms with van der Waals surface area (Å²) in [5.74, 6) is -0.0604. The van der Waals surface area contributed by atoms with Crippen molar-refractivity contribution >= 4 is 17.5 Å². The average Bonchev–Trinajstić information content (AvgIpc) is 3.09. The first-order valence-corrected chi connectivity index (χ1v) is 8.46. The molecular formula is C21H19FN2O3. The predicted octanol–water partition coefficient (Wildman–Crippen LogP) is 4.47. The van der Waals surface area contributed by atoms with Gasteiger partial charge in [-0.25, -0.2) is 4.39 Å². The van der Waals surface area contributed by atoms with Crippen LogP contribution in [-0.4, -0.2) is 11.8 Å². The number of amides is 2. The number of hydrogen-bond acceptors (Lipinski definition) is 3. The van der Waals surface area contributed by atoms with Crippen molar-refractivity contribution in [2.75, 3.05) is 5.32 Å². The Morgan fingerprint density at radius 1 is 0.926 bits per heavy atom. The van der Waals surface area contributed by atoms with Crippen LogP contribution in [0.1, 0.15) is 45.2 Å². The zero-order chi connectivity index (χ0) is 19.4. The Morgan fingerprint density at radius 2 is 1.59 bits per heavy atom. The van der Waals surface area contributed by atoms with E-state index in [4.69, 9.17) is 4.42 Å². The highest BCUT2D eigenvalue weighted by atomic mass is 19.1. The number of benzene rings is 2. The Hall–Kier alpha value is -3.41. The van der Waals surface area contributed by atoms with Gasteiger partial charge in [0.1, 0.15) is 11.6 Å². The maximum atomic E-state index is 12.9. The molecule has 0 aliphatic heterocycles. The van der Waals surface area contributed by atoms with Gasteiger partial charge in [-0.3, -0.25) is 9.59 Å².